The zero-order chi connectivity index (χ0) is 10.8. The van der Waals surface area contributed by atoms with E-state index in [-0.39, 0.29) is 17.5 Å². The van der Waals surface area contributed by atoms with Gasteiger partial charge in [0.2, 0.25) is 0 Å². The average Bonchev–Trinajstić information content (AvgIpc) is 2.16. The molecule has 0 aliphatic rings. The highest BCUT2D eigenvalue weighted by Gasteiger charge is 2.05. The molecular weight excluding hydrogens is 194 g/mol. The number of fused-ring (bicyclic) bond motifs is 1. The fourth-order valence-corrected chi connectivity index (χ4v) is 1.28. The first-order valence-electron chi connectivity index (χ1n) is 4.31. The molecule has 2 aromatic rings. The first kappa shape index (κ1) is 9.20. The number of nitrogens with one attached hydrogen (secondary N) is 2. The van der Waals surface area contributed by atoms with Crippen molar-refractivity contribution in [2.45, 2.75) is 0 Å². The summed E-state index contributed by atoms with van der Waals surface area (Å²) in [5.74, 6) is 0.215. The van der Waals surface area contributed by atoms with Crippen molar-refractivity contribution < 1.29 is 4.99 Å². The van der Waals surface area contributed by atoms with Gasteiger partial charge in [0.05, 0.1) is 5.39 Å². The monoisotopic (exact) mass is 204 g/mol. The quantitative estimate of drug-likeness (QED) is 0.315. The Hall–Kier alpha value is -2.37. The van der Waals surface area contributed by atoms with Gasteiger partial charge in [-0.05, 0) is 12.1 Å². The molecule has 0 saturated heterocycles. The summed E-state index contributed by atoms with van der Waals surface area (Å²) in [6.07, 6.45) is 0. The number of hydrogen-bond donors (Lipinski definition) is 4. The van der Waals surface area contributed by atoms with Gasteiger partial charge in [0, 0.05) is 0 Å². The van der Waals surface area contributed by atoms with E-state index in [1.165, 1.54) is 0 Å². The van der Waals surface area contributed by atoms with Crippen LogP contribution in [0.3, 0.4) is 0 Å². The van der Waals surface area contributed by atoms with Crippen LogP contribution in [-0.4, -0.2) is 15.9 Å². The molecule has 1 aromatic heterocycles. The molecule has 76 valence electrons. The highest BCUT2D eigenvalue weighted by molar-refractivity contribution is 5.78. The SMILES string of the molecule is NC(N)=[NH+]c1nc2ccccc2c(=O)[nH]1. The van der Waals surface area contributed by atoms with Gasteiger partial charge in [-0.2, -0.15) is 0 Å². The average molecular weight is 204 g/mol. The number of nitrogens with two attached hydrogens (primary N) is 2. The minimum atomic E-state index is -0.232. The first-order valence-corrected chi connectivity index (χ1v) is 4.31. The third-order valence-corrected chi connectivity index (χ3v) is 1.88. The molecule has 0 radical (unpaired) electrons. The maximum absolute atomic E-state index is 11.6. The Balaban J connectivity index is 2.73. The van der Waals surface area contributed by atoms with E-state index in [0.29, 0.717) is 10.9 Å². The van der Waals surface area contributed by atoms with E-state index in [4.69, 9.17) is 11.5 Å². The number of hydrogen-bond acceptors (Lipinski definition) is 2. The number of guanidine groups is 1. The van der Waals surface area contributed by atoms with Gasteiger partial charge in [-0.1, -0.05) is 12.1 Å². The number of H-pyrrole nitrogens is 1. The molecule has 0 saturated carbocycles. The Morgan fingerprint density at radius 2 is 2.07 bits per heavy atom. The fourth-order valence-electron chi connectivity index (χ4n) is 1.28. The van der Waals surface area contributed by atoms with Gasteiger partial charge in [0.25, 0.3) is 11.5 Å². The summed E-state index contributed by atoms with van der Waals surface area (Å²) in [5, 5.41) is 0.527. The van der Waals surface area contributed by atoms with Gasteiger partial charge in [-0.3, -0.25) is 4.79 Å². The van der Waals surface area contributed by atoms with Crippen molar-refractivity contribution in [3.05, 3.63) is 34.6 Å². The minimum Gasteiger partial charge on any atom is -0.323 e. The number of rotatable bonds is 1. The molecule has 0 amide bonds. The second-order valence-corrected chi connectivity index (χ2v) is 3.01. The summed E-state index contributed by atoms with van der Waals surface area (Å²) in [6.45, 7) is 0. The van der Waals surface area contributed by atoms with E-state index >= 15 is 0 Å². The molecule has 0 fully saturated rings. The second kappa shape index (κ2) is 3.41. The number of aromatic nitrogens is 2. The van der Waals surface area contributed by atoms with Gasteiger partial charge >= 0.3 is 5.95 Å². The predicted octanol–water partition coefficient (Wildman–Crippen LogP) is -2.09. The molecule has 0 spiro atoms. The fraction of sp³-hybridized carbons (Fsp3) is 0. The van der Waals surface area contributed by atoms with Crippen LogP contribution in [0.1, 0.15) is 0 Å². The van der Waals surface area contributed by atoms with Crippen LogP contribution in [0.2, 0.25) is 0 Å². The lowest BCUT2D eigenvalue weighted by molar-refractivity contribution is -0.366. The van der Waals surface area contributed by atoms with Crippen LogP contribution in [0.15, 0.2) is 29.1 Å². The third kappa shape index (κ3) is 1.78. The molecule has 1 aromatic carbocycles. The van der Waals surface area contributed by atoms with Crippen molar-refractivity contribution in [3.63, 3.8) is 0 Å². The highest BCUT2D eigenvalue weighted by atomic mass is 16.1. The summed E-state index contributed by atoms with van der Waals surface area (Å²) in [4.78, 5) is 20.7. The molecule has 6 nitrogen and oxygen atoms in total. The number of benzene rings is 1. The molecule has 0 aliphatic carbocycles. The van der Waals surface area contributed by atoms with Gasteiger partial charge in [-0.15, -0.1) is 4.98 Å². The van der Waals surface area contributed by atoms with Crippen molar-refractivity contribution in [2.24, 2.45) is 11.5 Å². The van der Waals surface area contributed by atoms with Crippen molar-refractivity contribution >= 4 is 22.8 Å². The van der Waals surface area contributed by atoms with Crippen molar-refractivity contribution in [2.75, 3.05) is 0 Å². The molecule has 0 bridgehead atoms. The van der Waals surface area contributed by atoms with Crippen molar-refractivity contribution in [1.82, 2.24) is 9.97 Å². The normalized spacial score (nSPS) is 10.1. The molecule has 2 rings (SSSR count). The zero-order valence-electron chi connectivity index (χ0n) is 7.82. The van der Waals surface area contributed by atoms with E-state index in [2.05, 4.69) is 15.0 Å². The third-order valence-electron chi connectivity index (χ3n) is 1.88. The molecule has 15 heavy (non-hydrogen) atoms. The molecule has 6 N–H and O–H groups in total. The summed E-state index contributed by atoms with van der Waals surface area (Å²) in [5.41, 5.74) is 10.8. The number of aromatic amines is 1. The van der Waals surface area contributed by atoms with Crippen LogP contribution in [0.4, 0.5) is 5.95 Å². The molecule has 0 aliphatic heterocycles. The van der Waals surface area contributed by atoms with Gasteiger partial charge < -0.3 is 11.5 Å². The predicted molar refractivity (Wildman–Crippen MR) is 56.4 cm³/mol. The van der Waals surface area contributed by atoms with E-state index in [1.807, 2.05) is 0 Å². The van der Waals surface area contributed by atoms with Crippen LogP contribution < -0.4 is 22.0 Å². The van der Waals surface area contributed by atoms with Gasteiger partial charge in [-0.25, -0.2) is 9.98 Å². The smallest absolute Gasteiger partial charge is 0.323 e. The van der Waals surface area contributed by atoms with Crippen molar-refractivity contribution in [1.29, 1.82) is 0 Å². The van der Waals surface area contributed by atoms with Crippen LogP contribution >= 0.6 is 0 Å². The Labute approximate surface area is 84.7 Å². The summed E-state index contributed by atoms with van der Waals surface area (Å²) >= 11 is 0. The van der Waals surface area contributed by atoms with Gasteiger partial charge in [0.1, 0.15) is 5.52 Å². The van der Waals surface area contributed by atoms with E-state index in [1.54, 1.807) is 24.3 Å². The molecule has 1 heterocycles. The molecular formula is C9H10N5O+. The topological polar surface area (TPSA) is 112 Å². The van der Waals surface area contributed by atoms with Gasteiger partial charge in [0.15, 0.2) is 0 Å². The standard InChI is InChI=1S/C9H9N5O/c10-8(11)14-9-12-6-4-2-1-3-5(6)7(15)13-9/h1-4H,(H5,10,11,12,13,14,15)/p+1. The van der Waals surface area contributed by atoms with Crippen LogP contribution in [0, 0.1) is 0 Å². The Bertz CT molecular complexity index is 582. The lowest BCUT2D eigenvalue weighted by Gasteiger charge is -1.93. The summed E-state index contributed by atoms with van der Waals surface area (Å²) < 4.78 is 0. The van der Waals surface area contributed by atoms with E-state index in [0.717, 1.165) is 0 Å². The number of para-hydroxylation sites is 1. The Morgan fingerprint density at radius 1 is 1.33 bits per heavy atom. The Kier molecular flexibility index (Phi) is 2.09. The summed E-state index contributed by atoms with van der Waals surface area (Å²) in [6, 6.07) is 7.01. The number of nitrogens with zero attached hydrogens (tertiary/aromatic N) is 1. The molecule has 0 unspecified atom stereocenters. The lowest BCUT2D eigenvalue weighted by Crippen LogP contribution is -2.73. The molecule has 6 heteroatoms. The van der Waals surface area contributed by atoms with Crippen LogP contribution in [0.5, 0.6) is 0 Å². The second-order valence-electron chi connectivity index (χ2n) is 3.01. The Morgan fingerprint density at radius 3 is 2.80 bits per heavy atom. The van der Waals surface area contributed by atoms with Crippen LogP contribution in [0.25, 0.3) is 10.9 Å². The maximum Gasteiger partial charge on any atom is 0.326 e. The van der Waals surface area contributed by atoms with E-state index in [9.17, 15) is 4.79 Å². The van der Waals surface area contributed by atoms with E-state index < -0.39 is 0 Å². The molecule has 0 atom stereocenters. The first-order chi connectivity index (χ1) is 7.16. The van der Waals surface area contributed by atoms with Crippen LogP contribution in [-0.2, 0) is 0 Å². The van der Waals surface area contributed by atoms with Crippen molar-refractivity contribution in [3.8, 4) is 0 Å². The largest absolute Gasteiger partial charge is 0.326 e. The minimum absolute atomic E-state index is 0.0200. The highest BCUT2D eigenvalue weighted by Crippen LogP contribution is 2.04. The zero-order valence-corrected chi connectivity index (χ0v) is 7.82. The summed E-state index contributed by atoms with van der Waals surface area (Å²) in [7, 11) is 0. The maximum atomic E-state index is 11.6. The lowest BCUT2D eigenvalue weighted by atomic mass is 10.2.